The number of rotatable bonds is 4. The van der Waals surface area contributed by atoms with E-state index in [1.54, 1.807) is 23.3 Å². The molecule has 6 nitrogen and oxygen atoms in total. The second kappa shape index (κ2) is 4.52. The van der Waals surface area contributed by atoms with Crippen LogP contribution in [0.25, 0.3) is 0 Å². The van der Waals surface area contributed by atoms with Crippen LogP contribution in [0.2, 0.25) is 0 Å². The van der Waals surface area contributed by atoms with Crippen LogP contribution in [0, 0.1) is 0 Å². The first-order valence-corrected chi connectivity index (χ1v) is 4.82. The van der Waals surface area contributed by atoms with E-state index in [4.69, 9.17) is 5.73 Å². The molecule has 0 saturated carbocycles. The van der Waals surface area contributed by atoms with Crippen molar-refractivity contribution in [1.82, 2.24) is 20.0 Å². The van der Waals surface area contributed by atoms with Crippen LogP contribution in [0.4, 0.5) is 0 Å². The molecule has 0 aromatic carbocycles. The fourth-order valence-electron chi connectivity index (χ4n) is 1.48. The lowest BCUT2D eigenvalue weighted by molar-refractivity contribution is -0.118. The minimum absolute atomic E-state index is 0.153. The Balaban J connectivity index is 2.32. The predicted molar refractivity (Wildman–Crippen MR) is 56.2 cm³/mol. The van der Waals surface area contributed by atoms with E-state index in [1.165, 1.54) is 0 Å². The van der Waals surface area contributed by atoms with Gasteiger partial charge in [-0.2, -0.15) is 0 Å². The molecule has 2 aromatic heterocycles. The van der Waals surface area contributed by atoms with Gasteiger partial charge in [0.1, 0.15) is 6.04 Å². The molecule has 2 N–H and O–H groups in total. The Hall–Kier alpha value is -2.24. The van der Waals surface area contributed by atoms with Crippen molar-refractivity contribution in [3.05, 3.63) is 42.5 Å². The predicted octanol–water partition coefficient (Wildman–Crippen LogP) is 0.138. The van der Waals surface area contributed by atoms with Gasteiger partial charge in [0.05, 0.1) is 18.3 Å². The second-order valence-electron chi connectivity index (χ2n) is 3.32. The molecule has 0 saturated heterocycles. The van der Waals surface area contributed by atoms with Gasteiger partial charge in [-0.05, 0) is 12.1 Å². The maximum absolute atomic E-state index is 11.0. The van der Waals surface area contributed by atoms with Crippen LogP contribution in [0.3, 0.4) is 0 Å². The maximum atomic E-state index is 11.0. The zero-order chi connectivity index (χ0) is 11.4. The molecule has 6 heteroatoms. The zero-order valence-electron chi connectivity index (χ0n) is 8.52. The molecule has 0 aliphatic heterocycles. The van der Waals surface area contributed by atoms with Crippen molar-refractivity contribution < 1.29 is 4.79 Å². The van der Waals surface area contributed by atoms with Crippen molar-refractivity contribution in [2.45, 2.75) is 12.5 Å². The molecule has 0 aliphatic rings. The van der Waals surface area contributed by atoms with Crippen LogP contribution < -0.4 is 5.73 Å². The summed E-state index contributed by atoms with van der Waals surface area (Å²) in [4.78, 5) is 15.2. The quantitative estimate of drug-likeness (QED) is 0.789. The van der Waals surface area contributed by atoms with Crippen molar-refractivity contribution in [2.24, 2.45) is 5.73 Å². The van der Waals surface area contributed by atoms with Gasteiger partial charge in [0.2, 0.25) is 5.91 Å². The Kier molecular flexibility index (Phi) is 2.90. The summed E-state index contributed by atoms with van der Waals surface area (Å²) >= 11 is 0. The van der Waals surface area contributed by atoms with Gasteiger partial charge in [-0.25, -0.2) is 4.68 Å². The van der Waals surface area contributed by atoms with E-state index in [0.29, 0.717) is 0 Å². The lowest BCUT2D eigenvalue weighted by atomic mass is 10.1. The number of amides is 1. The third kappa shape index (κ3) is 2.22. The van der Waals surface area contributed by atoms with Crippen LogP contribution in [0.1, 0.15) is 18.2 Å². The smallest absolute Gasteiger partial charge is 0.219 e. The molecule has 82 valence electrons. The van der Waals surface area contributed by atoms with E-state index in [-0.39, 0.29) is 12.5 Å². The number of hydrogen-bond acceptors (Lipinski definition) is 4. The molecule has 1 atom stereocenters. The first kappa shape index (κ1) is 10.3. The third-order valence-electron chi connectivity index (χ3n) is 2.18. The van der Waals surface area contributed by atoms with E-state index < -0.39 is 5.91 Å². The van der Waals surface area contributed by atoms with Gasteiger partial charge >= 0.3 is 0 Å². The summed E-state index contributed by atoms with van der Waals surface area (Å²) in [5.41, 5.74) is 5.95. The molecule has 0 bridgehead atoms. The van der Waals surface area contributed by atoms with E-state index in [1.807, 2.05) is 18.2 Å². The average Bonchev–Trinajstić information content (AvgIpc) is 2.80. The third-order valence-corrected chi connectivity index (χ3v) is 2.18. The summed E-state index contributed by atoms with van der Waals surface area (Å²) in [6.07, 6.45) is 5.06. The van der Waals surface area contributed by atoms with E-state index in [9.17, 15) is 4.79 Å². The molecule has 1 amide bonds. The first-order valence-electron chi connectivity index (χ1n) is 4.82. The number of hydrogen-bond donors (Lipinski definition) is 1. The SMILES string of the molecule is NC(=O)CC(c1ccccn1)n1ccnn1. The zero-order valence-corrected chi connectivity index (χ0v) is 8.52. The number of pyridine rings is 1. The number of aromatic nitrogens is 4. The molecule has 16 heavy (non-hydrogen) atoms. The molecule has 2 aromatic rings. The van der Waals surface area contributed by atoms with Crippen LogP contribution in [-0.2, 0) is 4.79 Å². The summed E-state index contributed by atoms with van der Waals surface area (Å²) in [6, 6.07) is 5.20. The number of nitrogens with two attached hydrogens (primary N) is 1. The standard InChI is InChI=1S/C10H11N5O/c11-10(16)7-9(15-6-5-13-14-15)8-3-1-2-4-12-8/h1-6,9H,7H2,(H2,11,16). The van der Waals surface area contributed by atoms with Gasteiger partial charge in [0, 0.05) is 12.4 Å². The fourth-order valence-corrected chi connectivity index (χ4v) is 1.48. The first-order chi connectivity index (χ1) is 7.77. The Labute approximate surface area is 92.1 Å². The Morgan fingerprint density at radius 3 is 2.88 bits per heavy atom. The van der Waals surface area contributed by atoms with E-state index in [2.05, 4.69) is 15.3 Å². The topological polar surface area (TPSA) is 86.7 Å². The highest BCUT2D eigenvalue weighted by molar-refractivity contribution is 5.74. The van der Waals surface area contributed by atoms with Gasteiger partial charge in [-0.3, -0.25) is 9.78 Å². The molecule has 0 aliphatic carbocycles. The molecular formula is C10H11N5O. The van der Waals surface area contributed by atoms with Crippen LogP contribution in [0.5, 0.6) is 0 Å². The second-order valence-corrected chi connectivity index (χ2v) is 3.32. The van der Waals surface area contributed by atoms with Crippen molar-refractivity contribution in [1.29, 1.82) is 0 Å². The Bertz CT molecular complexity index is 453. The number of carbonyl (C=O) groups excluding carboxylic acids is 1. The molecular weight excluding hydrogens is 206 g/mol. The van der Waals surface area contributed by atoms with Crippen LogP contribution in [0.15, 0.2) is 36.8 Å². The normalized spacial score (nSPS) is 12.2. The molecule has 1 unspecified atom stereocenters. The molecule has 0 radical (unpaired) electrons. The lowest BCUT2D eigenvalue weighted by Crippen LogP contribution is -2.21. The largest absolute Gasteiger partial charge is 0.370 e. The average molecular weight is 217 g/mol. The van der Waals surface area contributed by atoms with Gasteiger partial charge in [-0.15, -0.1) is 5.10 Å². The highest BCUT2D eigenvalue weighted by Crippen LogP contribution is 2.17. The number of carbonyl (C=O) groups is 1. The Morgan fingerprint density at radius 2 is 2.31 bits per heavy atom. The Morgan fingerprint density at radius 1 is 1.44 bits per heavy atom. The van der Waals surface area contributed by atoms with E-state index in [0.717, 1.165) is 5.69 Å². The minimum Gasteiger partial charge on any atom is -0.370 e. The summed E-state index contributed by atoms with van der Waals surface area (Å²) < 4.78 is 1.58. The van der Waals surface area contributed by atoms with Crippen molar-refractivity contribution in [3.8, 4) is 0 Å². The summed E-state index contributed by atoms with van der Waals surface area (Å²) in [6.45, 7) is 0. The fraction of sp³-hybridized carbons (Fsp3) is 0.200. The summed E-state index contributed by atoms with van der Waals surface area (Å²) in [5.74, 6) is -0.397. The molecule has 0 fully saturated rings. The minimum atomic E-state index is -0.397. The molecule has 2 rings (SSSR count). The van der Waals surface area contributed by atoms with Gasteiger partial charge < -0.3 is 5.73 Å². The van der Waals surface area contributed by atoms with E-state index >= 15 is 0 Å². The molecule has 0 spiro atoms. The van der Waals surface area contributed by atoms with Gasteiger partial charge in [-0.1, -0.05) is 11.3 Å². The summed E-state index contributed by atoms with van der Waals surface area (Å²) in [7, 11) is 0. The maximum Gasteiger partial charge on any atom is 0.219 e. The number of primary amides is 1. The van der Waals surface area contributed by atoms with Crippen molar-refractivity contribution in [3.63, 3.8) is 0 Å². The molecule has 2 heterocycles. The number of nitrogens with zero attached hydrogens (tertiary/aromatic N) is 4. The van der Waals surface area contributed by atoms with Crippen molar-refractivity contribution >= 4 is 5.91 Å². The van der Waals surface area contributed by atoms with Crippen LogP contribution >= 0.6 is 0 Å². The monoisotopic (exact) mass is 217 g/mol. The van der Waals surface area contributed by atoms with Gasteiger partial charge in [0.15, 0.2) is 0 Å². The highest BCUT2D eigenvalue weighted by atomic mass is 16.1. The summed E-state index contributed by atoms with van der Waals surface area (Å²) in [5, 5.41) is 7.57. The van der Waals surface area contributed by atoms with Gasteiger partial charge in [0.25, 0.3) is 0 Å². The highest BCUT2D eigenvalue weighted by Gasteiger charge is 2.17. The van der Waals surface area contributed by atoms with Crippen molar-refractivity contribution in [2.75, 3.05) is 0 Å². The lowest BCUT2D eigenvalue weighted by Gasteiger charge is -2.14. The van der Waals surface area contributed by atoms with Crippen LogP contribution in [-0.4, -0.2) is 25.9 Å².